The van der Waals surface area contributed by atoms with Crippen LogP contribution in [0.3, 0.4) is 0 Å². The maximum Gasteiger partial charge on any atom is 0.224 e. The summed E-state index contributed by atoms with van der Waals surface area (Å²) in [4.78, 5) is 18.2. The highest BCUT2D eigenvalue weighted by Gasteiger charge is 2.10. The molecular weight excluding hydrogens is 286 g/mol. The van der Waals surface area contributed by atoms with E-state index in [0.29, 0.717) is 13.0 Å². The molecule has 0 fully saturated rings. The van der Waals surface area contributed by atoms with Gasteiger partial charge in [-0.1, -0.05) is 11.3 Å². The first-order valence-electron chi connectivity index (χ1n) is 7.14. The zero-order valence-electron chi connectivity index (χ0n) is 12.7. The fourth-order valence-corrected chi connectivity index (χ4v) is 3.04. The molecule has 0 aliphatic rings. The molecule has 0 atom stereocenters. The van der Waals surface area contributed by atoms with Gasteiger partial charge < -0.3 is 15.0 Å². The zero-order valence-corrected chi connectivity index (χ0v) is 13.5. The van der Waals surface area contributed by atoms with Crippen LogP contribution in [0.25, 0.3) is 10.2 Å². The normalized spacial score (nSPS) is 10.6. The number of methoxy groups -OCH3 is 1. The van der Waals surface area contributed by atoms with E-state index < -0.39 is 0 Å². The van der Waals surface area contributed by atoms with Gasteiger partial charge in [0.1, 0.15) is 5.75 Å². The maximum atomic E-state index is 11.9. The summed E-state index contributed by atoms with van der Waals surface area (Å²) in [5.41, 5.74) is 0.943. The SMILES string of the molecule is CCN(CC)C(=O)CCNc1nc2ccc(OC)cc2s1. The van der Waals surface area contributed by atoms with Crippen LogP contribution in [0.15, 0.2) is 18.2 Å². The van der Waals surface area contributed by atoms with E-state index in [1.807, 2.05) is 36.9 Å². The van der Waals surface area contributed by atoms with E-state index in [1.165, 1.54) is 0 Å². The summed E-state index contributed by atoms with van der Waals surface area (Å²) in [5, 5.41) is 4.06. The van der Waals surface area contributed by atoms with Gasteiger partial charge in [0.15, 0.2) is 5.13 Å². The van der Waals surface area contributed by atoms with Gasteiger partial charge in [-0.3, -0.25) is 4.79 Å². The molecule has 114 valence electrons. The Morgan fingerprint density at radius 2 is 2.14 bits per heavy atom. The lowest BCUT2D eigenvalue weighted by Gasteiger charge is -2.18. The molecule has 0 aliphatic carbocycles. The van der Waals surface area contributed by atoms with Gasteiger partial charge in [0.05, 0.1) is 17.3 Å². The lowest BCUT2D eigenvalue weighted by Crippen LogP contribution is -2.31. The van der Waals surface area contributed by atoms with Gasteiger partial charge in [-0.2, -0.15) is 0 Å². The predicted octanol–water partition coefficient (Wildman–Crippen LogP) is 2.98. The third-order valence-corrected chi connectivity index (χ3v) is 4.30. The van der Waals surface area contributed by atoms with Crippen molar-refractivity contribution < 1.29 is 9.53 Å². The molecule has 0 radical (unpaired) electrons. The molecule has 0 saturated carbocycles. The number of hydrogen-bond donors (Lipinski definition) is 1. The van der Waals surface area contributed by atoms with Crippen LogP contribution < -0.4 is 10.1 Å². The highest BCUT2D eigenvalue weighted by Crippen LogP contribution is 2.28. The zero-order chi connectivity index (χ0) is 15.2. The number of fused-ring (bicyclic) bond motifs is 1. The smallest absolute Gasteiger partial charge is 0.224 e. The van der Waals surface area contributed by atoms with Crippen molar-refractivity contribution in [2.45, 2.75) is 20.3 Å². The molecule has 1 heterocycles. The molecule has 21 heavy (non-hydrogen) atoms. The van der Waals surface area contributed by atoms with E-state index in [2.05, 4.69) is 10.3 Å². The molecule has 0 bridgehead atoms. The molecule has 0 aliphatic heterocycles. The van der Waals surface area contributed by atoms with Crippen LogP contribution in [-0.2, 0) is 4.79 Å². The number of carbonyl (C=O) groups excluding carboxylic acids is 1. The molecule has 2 rings (SSSR count). The Bertz CT molecular complexity index is 608. The molecule has 0 saturated heterocycles. The number of aromatic nitrogens is 1. The van der Waals surface area contributed by atoms with Crippen LogP contribution >= 0.6 is 11.3 Å². The number of nitrogens with zero attached hydrogens (tertiary/aromatic N) is 2. The van der Waals surface area contributed by atoms with Crippen molar-refractivity contribution in [3.8, 4) is 5.75 Å². The minimum Gasteiger partial charge on any atom is -0.497 e. The molecule has 6 heteroatoms. The number of hydrogen-bond acceptors (Lipinski definition) is 5. The Hall–Kier alpha value is -1.82. The van der Waals surface area contributed by atoms with Crippen LogP contribution in [0.4, 0.5) is 5.13 Å². The van der Waals surface area contributed by atoms with E-state index in [1.54, 1.807) is 18.4 Å². The summed E-state index contributed by atoms with van der Waals surface area (Å²) in [6.45, 7) is 6.12. The molecule has 1 N–H and O–H groups in total. The topological polar surface area (TPSA) is 54.5 Å². The number of nitrogens with one attached hydrogen (secondary N) is 1. The number of amides is 1. The van der Waals surface area contributed by atoms with Gasteiger partial charge in [-0.15, -0.1) is 0 Å². The van der Waals surface area contributed by atoms with Gasteiger partial charge >= 0.3 is 0 Å². The third kappa shape index (κ3) is 3.85. The Morgan fingerprint density at radius 3 is 2.81 bits per heavy atom. The average Bonchev–Trinajstić information content (AvgIpc) is 2.90. The Balaban J connectivity index is 1.93. The summed E-state index contributed by atoms with van der Waals surface area (Å²) >= 11 is 1.57. The monoisotopic (exact) mass is 307 g/mol. The molecule has 1 aromatic carbocycles. The second-order valence-corrected chi connectivity index (χ2v) is 5.63. The maximum absolute atomic E-state index is 11.9. The second-order valence-electron chi connectivity index (χ2n) is 4.60. The van der Waals surface area contributed by atoms with Crippen LogP contribution in [0.1, 0.15) is 20.3 Å². The van der Waals surface area contributed by atoms with E-state index in [9.17, 15) is 4.79 Å². The quantitative estimate of drug-likeness (QED) is 0.854. The number of ether oxygens (including phenoxy) is 1. The number of rotatable bonds is 7. The van der Waals surface area contributed by atoms with E-state index >= 15 is 0 Å². The summed E-state index contributed by atoms with van der Waals surface area (Å²) < 4.78 is 6.28. The van der Waals surface area contributed by atoms with E-state index in [4.69, 9.17) is 4.74 Å². The van der Waals surface area contributed by atoms with Crippen molar-refractivity contribution in [3.63, 3.8) is 0 Å². The van der Waals surface area contributed by atoms with Crippen molar-refractivity contribution in [3.05, 3.63) is 18.2 Å². The van der Waals surface area contributed by atoms with Gasteiger partial charge in [0.2, 0.25) is 5.91 Å². The van der Waals surface area contributed by atoms with Crippen molar-refractivity contribution in [1.29, 1.82) is 0 Å². The molecule has 0 unspecified atom stereocenters. The molecule has 1 amide bonds. The average molecular weight is 307 g/mol. The standard InChI is InChI=1S/C15H21N3O2S/c1-4-18(5-2)14(19)8-9-16-15-17-12-7-6-11(20-3)10-13(12)21-15/h6-7,10H,4-5,8-9H2,1-3H3,(H,16,17). The van der Waals surface area contributed by atoms with Gasteiger partial charge in [0.25, 0.3) is 0 Å². The van der Waals surface area contributed by atoms with E-state index in [0.717, 1.165) is 34.2 Å². The Labute approximate surface area is 128 Å². The van der Waals surface area contributed by atoms with Crippen LogP contribution in [-0.4, -0.2) is 42.5 Å². The summed E-state index contributed by atoms with van der Waals surface area (Å²) in [7, 11) is 1.65. The fraction of sp³-hybridized carbons (Fsp3) is 0.467. The molecule has 5 nitrogen and oxygen atoms in total. The lowest BCUT2D eigenvalue weighted by atomic mass is 10.3. The largest absolute Gasteiger partial charge is 0.497 e. The summed E-state index contributed by atoms with van der Waals surface area (Å²) in [6.07, 6.45) is 0.487. The molecular formula is C15H21N3O2S. The van der Waals surface area contributed by atoms with Crippen molar-refractivity contribution >= 4 is 32.6 Å². The minimum absolute atomic E-state index is 0.176. The molecule has 2 aromatic rings. The fourth-order valence-electron chi connectivity index (χ4n) is 2.12. The van der Waals surface area contributed by atoms with Crippen molar-refractivity contribution in [1.82, 2.24) is 9.88 Å². The Kier molecular flexibility index (Phi) is 5.38. The van der Waals surface area contributed by atoms with Gasteiger partial charge in [-0.25, -0.2) is 4.98 Å². The first kappa shape index (κ1) is 15.6. The minimum atomic E-state index is 0.176. The summed E-state index contributed by atoms with van der Waals surface area (Å²) in [5.74, 6) is 1.00. The molecule has 0 spiro atoms. The number of benzene rings is 1. The van der Waals surface area contributed by atoms with Crippen LogP contribution in [0, 0.1) is 0 Å². The Morgan fingerprint density at radius 1 is 1.38 bits per heavy atom. The highest BCUT2D eigenvalue weighted by atomic mass is 32.1. The molecule has 1 aromatic heterocycles. The lowest BCUT2D eigenvalue weighted by molar-refractivity contribution is -0.130. The van der Waals surface area contributed by atoms with Crippen molar-refractivity contribution in [2.24, 2.45) is 0 Å². The van der Waals surface area contributed by atoms with Crippen molar-refractivity contribution in [2.75, 3.05) is 32.1 Å². The van der Waals surface area contributed by atoms with Gasteiger partial charge in [-0.05, 0) is 32.0 Å². The number of carbonyl (C=O) groups is 1. The second kappa shape index (κ2) is 7.26. The predicted molar refractivity (Wildman–Crippen MR) is 87.2 cm³/mol. The van der Waals surface area contributed by atoms with Crippen LogP contribution in [0.5, 0.6) is 5.75 Å². The van der Waals surface area contributed by atoms with Crippen LogP contribution in [0.2, 0.25) is 0 Å². The van der Waals surface area contributed by atoms with Gasteiger partial charge in [0, 0.05) is 26.1 Å². The summed E-state index contributed by atoms with van der Waals surface area (Å²) in [6, 6.07) is 5.81. The van der Waals surface area contributed by atoms with E-state index in [-0.39, 0.29) is 5.91 Å². The third-order valence-electron chi connectivity index (χ3n) is 3.33. The number of thiazole rings is 1. The number of anilines is 1. The first-order chi connectivity index (χ1) is 10.2. The first-order valence-corrected chi connectivity index (χ1v) is 7.95. The highest BCUT2D eigenvalue weighted by molar-refractivity contribution is 7.22.